The molecule has 0 spiro atoms. The Morgan fingerprint density at radius 3 is 2.62 bits per heavy atom. The van der Waals surface area contributed by atoms with Crippen molar-refractivity contribution in [2.24, 2.45) is 5.92 Å². The average Bonchev–Trinajstić information content (AvgIpc) is 2.54. The molecule has 3 heteroatoms. The molecule has 1 fully saturated rings. The molecular weight excluding hydrogens is 258 g/mol. The average molecular weight is 281 g/mol. The third kappa shape index (κ3) is 3.75. The summed E-state index contributed by atoms with van der Waals surface area (Å²) in [4.78, 5) is 6.85. The molecule has 1 aromatic carbocycles. The van der Waals surface area contributed by atoms with Gasteiger partial charge in [0, 0.05) is 31.5 Å². The molecule has 0 atom stereocenters. The summed E-state index contributed by atoms with van der Waals surface area (Å²) in [6.45, 7) is 5.43. The summed E-state index contributed by atoms with van der Waals surface area (Å²) >= 11 is 0. The minimum atomic E-state index is 0.743. The first-order chi connectivity index (χ1) is 10.3. The molecule has 0 bridgehead atoms. The van der Waals surface area contributed by atoms with Crippen LogP contribution in [-0.2, 0) is 0 Å². The van der Waals surface area contributed by atoms with Gasteiger partial charge < -0.3 is 10.2 Å². The van der Waals surface area contributed by atoms with E-state index in [9.17, 15) is 0 Å². The summed E-state index contributed by atoms with van der Waals surface area (Å²) < 4.78 is 0. The smallest absolute Gasteiger partial charge is 0.126 e. The van der Waals surface area contributed by atoms with Crippen molar-refractivity contribution in [3.63, 3.8) is 0 Å². The quantitative estimate of drug-likeness (QED) is 0.926. The van der Waals surface area contributed by atoms with Crippen LogP contribution in [0.5, 0.6) is 0 Å². The first-order valence-corrected chi connectivity index (χ1v) is 7.78. The lowest BCUT2D eigenvalue weighted by Gasteiger charge is -2.33. The zero-order valence-corrected chi connectivity index (χ0v) is 12.6. The minimum absolute atomic E-state index is 0.743. The van der Waals surface area contributed by atoms with Crippen LogP contribution in [0.4, 0.5) is 11.5 Å². The van der Waals surface area contributed by atoms with Crippen molar-refractivity contribution in [2.75, 3.05) is 29.9 Å². The number of anilines is 2. The molecule has 2 heterocycles. The summed E-state index contributed by atoms with van der Waals surface area (Å²) in [5, 5.41) is 3.48. The monoisotopic (exact) mass is 281 g/mol. The van der Waals surface area contributed by atoms with E-state index in [2.05, 4.69) is 58.5 Å². The maximum atomic E-state index is 4.36. The van der Waals surface area contributed by atoms with Crippen molar-refractivity contribution < 1.29 is 0 Å². The Hall–Kier alpha value is -2.03. The molecule has 21 heavy (non-hydrogen) atoms. The van der Waals surface area contributed by atoms with E-state index >= 15 is 0 Å². The van der Waals surface area contributed by atoms with Crippen molar-refractivity contribution in [3.8, 4) is 0 Å². The Morgan fingerprint density at radius 2 is 1.90 bits per heavy atom. The number of hydrogen-bond acceptors (Lipinski definition) is 3. The van der Waals surface area contributed by atoms with Crippen LogP contribution >= 0.6 is 0 Å². The van der Waals surface area contributed by atoms with Gasteiger partial charge in [-0.05, 0) is 55.5 Å². The summed E-state index contributed by atoms with van der Waals surface area (Å²) in [5.41, 5.74) is 2.61. The molecule has 110 valence electrons. The van der Waals surface area contributed by atoms with Crippen LogP contribution in [0, 0.1) is 12.8 Å². The second-order valence-corrected chi connectivity index (χ2v) is 5.87. The first-order valence-electron chi connectivity index (χ1n) is 7.78. The SMILES string of the molecule is Cc1ccnc(NCC2CCN(c3ccccc3)CC2)c1. The molecule has 0 amide bonds. The standard InChI is InChI=1S/C18H23N3/c1-15-7-10-19-18(13-15)20-14-16-8-11-21(12-9-16)17-5-3-2-4-6-17/h2-7,10,13,16H,8-9,11-12,14H2,1H3,(H,19,20). The number of aromatic nitrogens is 1. The van der Waals surface area contributed by atoms with E-state index in [4.69, 9.17) is 0 Å². The highest BCUT2D eigenvalue weighted by molar-refractivity contribution is 5.46. The molecule has 1 aliphatic rings. The highest BCUT2D eigenvalue weighted by Crippen LogP contribution is 2.23. The Labute approximate surface area is 127 Å². The summed E-state index contributed by atoms with van der Waals surface area (Å²) in [5.74, 6) is 1.74. The molecule has 1 N–H and O–H groups in total. The maximum absolute atomic E-state index is 4.36. The Morgan fingerprint density at radius 1 is 1.14 bits per heavy atom. The largest absolute Gasteiger partial charge is 0.372 e. The van der Waals surface area contributed by atoms with Gasteiger partial charge in [-0.25, -0.2) is 4.98 Å². The molecule has 1 saturated heterocycles. The zero-order valence-electron chi connectivity index (χ0n) is 12.6. The van der Waals surface area contributed by atoms with Gasteiger partial charge in [0.05, 0.1) is 0 Å². The van der Waals surface area contributed by atoms with Gasteiger partial charge in [0.2, 0.25) is 0 Å². The molecule has 0 unspecified atom stereocenters. The zero-order chi connectivity index (χ0) is 14.5. The minimum Gasteiger partial charge on any atom is -0.372 e. The van der Waals surface area contributed by atoms with E-state index in [0.29, 0.717) is 0 Å². The van der Waals surface area contributed by atoms with Gasteiger partial charge in [-0.3, -0.25) is 0 Å². The molecule has 3 rings (SSSR count). The number of piperidine rings is 1. The van der Waals surface area contributed by atoms with Crippen molar-refractivity contribution in [2.45, 2.75) is 19.8 Å². The number of aryl methyl sites for hydroxylation is 1. The Balaban J connectivity index is 1.48. The van der Waals surface area contributed by atoms with Crippen molar-refractivity contribution in [3.05, 3.63) is 54.2 Å². The molecular formula is C18H23N3. The third-order valence-corrected chi connectivity index (χ3v) is 4.22. The van der Waals surface area contributed by atoms with Gasteiger partial charge in [0.1, 0.15) is 5.82 Å². The van der Waals surface area contributed by atoms with Crippen LogP contribution in [0.3, 0.4) is 0 Å². The maximum Gasteiger partial charge on any atom is 0.126 e. The summed E-state index contributed by atoms with van der Waals surface area (Å²) in [7, 11) is 0. The highest BCUT2D eigenvalue weighted by atomic mass is 15.1. The second-order valence-electron chi connectivity index (χ2n) is 5.87. The third-order valence-electron chi connectivity index (χ3n) is 4.22. The fraction of sp³-hybridized carbons (Fsp3) is 0.389. The van der Waals surface area contributed by atoms with Crippen LogP contribution in [-0.4, -0.2) is 24.6 Å². The Bertz CT molecular complexity index is 560. The summed E-state index contributed by atoms with van der Waals surface area (Å²) in [6.07, 6.45) is 4.36. The number of pyridine rings is 1. The number of nitrogens with zero attached hydrogens (tertiary/aromatic N) is 2. The predicted molar refractivity (Wildman–Crippen MR) is 88.8 cm³/mol. The number of rotatable bonds is 4. The first kappa shape index (κ1) is 13.9. The van der Waals surface area contributed by atoms with E-state index in [1.165, 1.54) is 24.1 Å². The molecule has 1 aromatic heterocycles. The predicted octanol–water partition coefficient (Wildman–Crippen LogP) is 3.72. The van der Waals surface area contributed by atoms with E-state index < -0.39 is 0 Å². The molecule has 0 aliphatic carbocycles. The van der Waals surface area contributed by atoms with Crippen LogP contribution in [0.2, 0.25) is 0 Å². The van der Waals surface area contributed by atoms with E-state index in [0.717, 1.165) is 31.4 Å². The van der Waals surface area contributed by atoms with Crippen LogP contribution in [0.1, 0.15) is 18.4 Å². The number of benzene rings is 1. The molecule has 0 saturated carbocycles. The number of para-hydroxylation sites is 1. The molecule has 0 radical (unpaired) electrons. The summed E-state index contributed by atoms with van der Waals surface area (Å²) in [6, 6.07) is 14.9. The fourth-order valence-electron chi connectivity index (χ4n) is 2.92. The van der Waals surface area contributed by atoms with Gasteiger partial charge in [-0.1, -0.05) is 18.2 Å². The van der Waals surface area contributed by atoms with Crippen LogP contribution in [0.25, 0.3) is 0 Å². The van der Waals surface area contributed by atoms with Crippen LogP contribution in [0.15, 0.2) is 48.7 Å². The van der Waals surface area contributed by atoms with Gasteiger partial charge in [0.25, 0.3) is 0 Å². The fourth-order valence-corrected chi connectivity index (χ4v) is 2.92. The van der Waals surface area contributed by atoms with Crippen molar-refractivity contribution in [1.82, 2.24) is 4.98 Å². The van der Waals surface area contributed by atoms with E-state index in [-0.39, 0.29) is 0 Å². The van der Waals surface area contributed by atoms with Crippen molar-refractivity contribution >= 4 is 11.5 Å². The molecule has 3 nitrogen and oxygen atoms in total. The topological polar surface area (TPSA) is 28.2 Å². The lowest BCUT2D eigenvalue weighted by atomic mass is 9.96. The second kappa shape index (κ2) is 6.61. The highest BCUT2D eigenvalue weighted by Gasteiger charge is 2.19. The lowest BCUT2D eigenvalue weighted by molar-refractivity contribution is 0.423. The molecule has 1 aliphatic heterocycles. The van der Waals surface area contributed by atoms with E-state index in [1.54, 1.807) is 0 Å². The van der Waals surface area contributed by atoms with Gasteiger partial charge >= 0.3 is 0 Å². The number of hydrogen-bond donors (Lipinski definition) is 1. The lowest BCUT2D eigenvalue weighted by Crippen LogP contribution is -2.35. The van der Waals surface area contributed by atoms with Gasteiger partial charge in [-0.15, -0.1) is 0 Å². The Kier molecular flexibility index (Phi) is 4.39. The molecule has 2 aromatic rings. The van der Waals surface area contributed by atoms with Gasteiger partial charge in [0.15, 0.2) is 0 Å². The van der Waals surface area contributed by atoms with Gasteiger partial charge in [-0.2, -0.15) is 0 Å². The van der Waals surface area contributed by atoms with E-state index in [1.807, 2.05) is 12.3 Å². The van der Waals surface area contributed by atoms with Crippen molar-refractivity contribution in [1.29, 1.82) is 0 Å². The normalized spacial score (nSPS) is 16.0. The van der Waals surface area contributed by atoms with Crippen LogP contribution < -0.4 is 10.2 Å². The number of nitrogens with one attached hydrogen (secondary N) is 1.